The molecule has 1 aromatic rings. The van der Waals surface area contributed by atoms with E-state index in [9.17, 15) is 4.79 Å². The number of pyridine rings is 1. The Morgan fingerprint density at radius 3 is 2.25 bits per heavy atom. The first-order valence-corrected chi connectivity index (χ1v) is 5.36. The van der Waals surface area contributed by atoms with Crippen molar-refractivity contribution in [3.63, 3.8) is 0 Å². The van der Waals surface area contributed by atoms with Crippen LogP contribution in [0.4, 0.5) is 0 Å². The second-order valence-corrected chi connectivity index (χ2v) is 5.07. The van der Waals surface area contributed by atoms with E-state index < -0.39 is 7.12 Å². The van der Waals surface area contributed by atoms with Gasteiger partial charge in [-0.1, -0.05) is 0 Å². The van der Waals surface area contributed by atoms with Crippen LogP contribution < -0.4 is 11.0 Å². The van der Waals surface area contributed by atoms with Crippen molar-refractivity contribution in [1.82, 2.24) is 4.98 Å². The van der Waals surface area contributed by atoms with Crippen molar-refractivity contribution in [2.75, 3.05) is 0 Å². The lowest BCUT2D eigenvalue weighted by Gasteiger charge is -2.32. The fourth-order valence-corrected chi connectivity index (χ4v) is 1.57. The minimum Gasteiger partial charge on any atom is -0.398 e. The first-order chi connectivity index (χ1) is 7.32. The number of hydrogen-bond acceptors (Lipinski definition) is 3. The molecule has 1 N–H and O–H groups in total. The van der Waals surface area contributed by atoms with Gasteiger partial charge in [0, 0.05) is 23.9 Å². The first kappa shape index (κ1) is 11.4. The molecule has 0 aromatic carbocycles. The maximum atomic E-state index is 11.2. The number of aromatic amines is 1. The van der Waals surface area contributed by atoms with Crippen LogP contribution in [0.25, 0.3) is 0 Å². The van der Waals surface area contributed by atoms with Gasteiger partial charge in [0.15, 0.2) is 5.43 Å². The summed E-state index contributed by atoms with van der Waals surface area (Å²) >= 11 is 0. The zero-order valence-electron chi connectivity index (χ0n) is 10.0. The number of rotatable bonds is 1. The Morgan fingerprint density at radius 1 is 1.19 bits per heavy atom. The summed E-state index contributed by atoms with van der Waals surface area (Å²) in [7, 11) is -0.501. The van der Waals surface area contributed by atoms with E-state index in [0.717, 1.165) is 0 Å². The molecule has 16 heavy (non-hydrogen) atoms. The minimum atomic E-state index is -0.501. The second kappa shape index (κ2) is 3.47. The zero-order valence-corrected chi connectivity index (χ0v) is 10.0. The van der Waals surface area contributed by atoms with Crippen LogP contribution in [0.3, 0.4) is 0 Å². The van der Waals surface area contributed by atoms with Gasteiger partial charge >= 0.3 is 7.12 Å². The molecule has 5 heteroatoms. The highest BCUT2D eigenvalue weighted by Crippen LogP contribution is 2.36. The Bertz CT molecular complexity index is 437. The largest absolute Gasteiger partial charge is 0.512 e. The summed E-state index contributed by atoms with van der Waals surface area (Å²) < 4.78 is 11.6. The van der Waals surface area contributed by atoms with E-state index in [1.165, 1.54) is 12.1 Å². The molecule has 0 bridgehead atoms. The molecule has 1 aliphatic rings. The second-order valence-electron chi connectivity index (χ2n) is 5.07. The maximum absolute atomic E-state index is 11.2. The molecular weight excluding hydrogens is 205 g/mol. The third-order valence-electron chi connectivity index (χ3n) is 3.30. The molecule has 1 aromatic heterocycles. The monoisotopic (exact) mass is 221 g/mol. The zero-order chi connectivity index (χ0) is 12.0. The Balaban J connectivity index is 2.30. The van der Waals surface area contributed by atoms with E-state index in [1.54, 1.807) is 6.20 Å². The van der Waals surface area contributed by atoms with E-state index in [1.807, 2.05) is 27.7 Å². The van der Waals surface area contributed by atoms with Crippen molar-refractivity contribution >= 4 is 12.7 Å². The van der Waals surface area contributed by atoms with Crippen LogP contribution in [-0.2, 0) is 9.31 Å². The summed E-state index contributed by atoms with van der Waals surface area (Å²) in [6.07, 6.45) is 1.60. The van der Waals surface area contributed by atoms with Gasteiger partial charge in [-0.15, -0.1) is 0 Å². The van der Waals surface area contributed by atoms with Crippen LogP contribution in [0.5, 0.6) is 0 Å². The van der Waals surface area contributed by atoms with Gasteiger partial charge in [0.05, 0.1) is 11.2 Å². The third kappa shape index (κ3) is 1.81. The molecule has 0 unspecified atom stereocenters. The maximum Gasteiger partial charge on any atom is 0.512 e. The molecule has 0 atom stereocenters. The average Bonchev–Trinajstić information content (AvgIpc) is 2.36. The van der Waals surface area contributed by atoms with E-state index >= 15 is 0 Å². The quantitative estimate of drug-likeness (QED) is 0.709. The molecule has 0 aliphatic carbocycles. The van der Waals surface area contributed by atoms with Gasteiger partial charge in [0.2, 0.25) is 0 Å². The van der Waals surface area contributed by atoms with Crippen LogP contribution in [0.1, 0.15) is 27.7 Å². The predicted molar refractivity (Wildman–Crippen MR) is 62.8 cm³/mol. The lowest BCUT2D eigenvalue weighted by atomic mass is 9.84. The van der Waals surface area contributed by atoms with Gasteiger partial charge in [-0.05, 0) is 27.7 Å². The summed E-state index contributed by atoms with van der Waals surface area (Å²) in [5, 5.41) is 0. The van der Waals surface area contributed by atoms with Crippen molar-refractivity contribution < 1.29 is 9.31 Å². The molecular formula is C11H16BNO3. The van der Waals surface area contributed by atoms with E-state index in [4.69, 9.17) is 9.31 Å². The van der Waals surface area contributed by atoms with Crippen molar-refractivity contribution in [1.29, 1.82) is 0 Å². The smallest absolute Gasteiger partial charge is 0.398 e. The van der Waals surface area contributed by atoms with E-state index in [-0.39, 0.29) is 16.6 Å². The molecule has 0 radical (unpaired) electrons. The van der Waals surface area contributed by atoms with E-state index in [0.29, 0.717) is 5.59 Å². The molecule has 1 saturated heterocycles. The summed E-state index contributed by atoms with van der Waals surface area (Å²) in [6.45, 7) is 7.92. The van der Waals surface area contributed by atoms with Gasteiger partial charge in [-0.25, -0.2) is 0 Å². The molecule has 86 valence electrons. The fourth-order valence-electron chi connectivity index (χ4n) is 1.57. The lowest BCUT2D eigenvalue weighted by molar-refractivity contribution is 0.00578. The molecule has 2 rings (SSSR count). The van der Waals surface area contributed by atoms with Crippen LogP contribution in [0.2, 0.25) is 0 Å². The van der Waals surface area contributed by atoms with Gasteiger partial charge in [0.25, 0.3) is 0 Å². The van der Waals surface area contributed by atoms with Crippen molar-refractivity contribution in [3.05, 3.63) is 28.6 Å². The van der Waals surface area contributed by atoms with E-state index in [2.05, 4.69) is 4.98 Å². The Labute approximate surface area is 95.1 Å². The Morgan fingerprint density at radius 2 is 1.75 bits per heavy atom. The third-order valence-corrected chi connectivity index (χ3v) is 3.30. The van der Waals surface area contributed by atoms with Crippen LogP contribution in [0, 0.1) is 0 Å². The molecule has 2 heterocycles. The van der Waals surface area contributed by atoms with Gasteiger partial charge in [-0.3, -0.25) is 4.79 Å². The molecule has 0 amide bonds. The highest BCUT2D eigenvalue weighted by Gasteiger charge is 2.52. The first-order valence-electron chi connectivity index (χ1n) is 5.36. The van der Waals surface area contributed by atoms with Gasteiger partial charge < -0.3 is 14.3 Å². The Hall–Kier alpha value is -1.07. The number of hydrogen-bond donors (Lipinski definition) is 1. The fraction of sp³-hybridized carbons (Fsp3) is 0.545. The SMILES string of the molecule is CC1(C)OB(c2cc(=O)cc[nH]2)OC1(C)C. The predicted octanol–water partition coefficient (Wildman–Crippen LogP) is 0.674. The summed E-state index contributed by atoms with van der Waals surface area (Å²) in [4.78, 5) is 14.2. The normalized spacial score (nSPS) is 22.4. The van der Waals surface area contributed by atoms with Crippen LogP contribution >= 0.6 is 0 Å². The summed E-state index contributed by atoms with van der Waals surface area (Å²) in [5.41, 5.74) is -0.163. The van der Waals surface area contributed by atoms with Crippen LogP contribution in [-0.4, -0.2) is 23.3 Å². The van der Waals surface area contributed by atoms with Crippen LogP contribution in [0.15, 0.2) is 23.1 Å². The summed E-state index contributed by atoms with van der Waals surface area (Å²) in [6, 6.07) is 2.97. The van der Waals surface area contributed by atoms with Gasteiger partial charge in [0.1, 0.15) is 0 Å². The molecule has 1 aliphatic heterocycles. The van der Waals surface area contributed by atoms with Crippen molar-refractivity contribution in [2.24, 2.45) is 0 Å². The highest BCUT2D eigenvalue weighted by molar-refractivity contribution is 6.61. The number of H-pyrrole nitrogens is 1. The van der Waals surface area contributed by atoms with Crippen molar-refractivity contribution in [2.45, 2.75) is 38.9 Å². The molecule has 0 saturated carbocycles. The Kier molecular flexibility index (Phi) is 2.47. The lowest BCUT2D eigenvalue weighted by Crippen LogP contribution is -2.41. The number of nitrogens with one attached hydrogen (secondary N) is 1. The summed E-state index contributed by atoms with van der Waals surface area (Å²) in [5.74, 6) is 0. The van der Waals surface area contributed by atoms with Crippen molar-refractivity contribution in [3.8, 4) is 0 Å². The number of aromatic nitrogens is 1. The molecule has 4 nitrogen and oxygen atoms in total. The minimum absolute atomic E-state index is 0.0523. The molecule has 1 fully saturated rings. The highest BCUT2D eigenvalue weighted by atomic mass is 16.7. The average molecular weight is 221 g/mol. The standard InChI is InChI=1S/C11H16BNO3/c1-10(2)11(3,4)16-12(15-10)9-7-8(14)5-6-13-9/h5-7H,1-4H3,(H,13,14). The van der Waals surface area contributed by atoms with Gasteiger partial charge in [-0.2, -0.15) is 0 Å². The topological polar surface area (TPSA) is 51.3 Å². The molecule has 0 spiro atoms.